The Balaban J connectivity index is 1.79. The minimum Gasteiger partial charge on any atom is -0.350 e. The zero-order valence-corrected chi connectivity index (χ0v) is 14.2. The molecule has 3 aromatic rings. The van der Waals surface area contributed by atoms with Crippen LogP contribution in [-0.4, -0.2) is 22.1 Å². The maximum absolute atomic E-state index is 12.1. The quantitative estimate of drug-likeness (QED) is 0.759. The van der Waals surface area contributed by atoms with Crippen molar-refractivity contribution in [3.05, 3.63) is 58.1 Å². The zero-order chi connectivity index (χ0) is 16.9. The molecule has 6 heteroatoms. The number of benzene rings is 1. The van der Waals surface area contributed by atoms with Crippen LogP contribution in [0.4, 0.5) is 0 Å². The number of aromatic nitrogens is 2. The molecule has 2 aromatic heterocycles. The number of amides is 1. The third-order valence-electron chi connectivity index (χ3n) is 3.18. The van der Waals surface area contributed by atoms with Gasteiger partial charge in [0.15, 0.2) is 0 Å². The van der Waals surface area contributed by atoms with Crippen molar-refractivity contribution in [2.75, 3.05) is 0 Å². The monoisotopic (exact) mass is 339 g/mol. The zero-order valence-electron chi connectivity index (χ0n) is 13.4. The minimum absolute atomic E-state index is 0.0836. The van der Waals surface area contributed by atoms with Gasteiger partial charge in [-0.25, -0.2) is 0 Å². The van der Waals surface area contributed by atoms with Crippen molar-refractivity contribution < 1.29 is 9.32 Å². The van der Waals surface area contributed by atoms with Gasteiger partial charge in [-0.2, -0.15) is 4.98 Å². The van der Waals surface area contributed by atoms with Gasteiger partial charge in [-0.15, -0.1) is 11.3 Å². The standard InChI is InChI=1S/C18H17N3O2S/c1-12(2)19-18(22)14-6-3-5-13(11-14)17-20-16(23-21-17)9-8-15-7-4-10-24-15/h3-12H,1-2H3,(H,19,22). The number of carbonyl (C=O) groups excluding carboxylic acids is 1. The third kappa shape index (κ3) is 3.97. The molecule has 3 rings (SSSR count). The molecule has 5 nitrogen and oxygen atoms in total. The highest BCUT2D eigenvalue weighted by Crippen LogP contribution is 2.19. The molecule has 0 saturated carbocycles. The van der Waals surface area contributed by atoms with Crippen molar-refractivity contribution in [2.45, 2.75) is 19.9 Å². The first kappa shape index (κ1) is 16.1. The van der Waals surface area contributed by atoms with Crippen molar-refractivity contribution in [3.63, 3.8) is 0 Å². The molecule has 1 aromatic carbocycles. The molecule has 0 aliphatic rings. The van der Waals surface area contributed by atoms with E-state index >= 15 is 0 Å². The highest BCUT2D eigenvalue weighted by atomic mass is 32.1. The van der Waals surface area contributed by atoms with E-state index in [-0.39, 0.29) is 11.9 Å². The second-order valence-electron chi connectivity index (χ2n) is 5.51. The van der Waals surface area contributed by atoms with Crippen LogP contribution in [0.15, 0.2) is 46.3 Å². The van der Waals surface area contributed by atoms with E-state index in [2.05, 4.69) is 15.5 Å². The third-order valence-corrected chi connectivity index (χ3v) is 4.02. The summed E-state index contributed by atoms with van der Waals surface area (Å²) in [6.45, 7) is 3.85. The lowest BCUT2D eigenvalue weighted by Crippen LogP contribution is -2.30. The van der Waals surface area contributed by atoms with Crippen LogP contribution in [0, 0.1) is 0 Å². The number of thiophene rings is 1. The second kappa shape index (κ2) is 7.23. The van der Waals surface area contributed by atoms with Gasteiger partial charge in [0.2, 0.25) is 5.82 Å². The SMILES string of the molecule is CC(C)NC(=O)c1cccc(-c2noc(C=Cc3cccs3)n2)c1. The van der Waals surface area contributed by atoms with Crippen molar-refractivity contribution in [2.24, 2.45) is 0 Å². The molecular weight excluding hydrogens is 322 g/mol. The summed E-state index contributed by atoms with van der Waals surface area (Å²) in [5.41, 5.74) is 1.31. The van der Waals surface area contributed by atoms with Crippen LogP contribution >= 0.6 is 11.3 Å². The summed E-state index contributed by atoms with van der Waals surface area (Å²) in [5.74, 6) is 0.767. The lowest BCUT2D eigenvalue weighted by molar-refractivity contribution is 0.0943. The second-order valence-corrected chi connectivity index (χ2v) is 6.49. The first-order valence-electron chi connectivity index (χ1n) is 7.58. The number of nitrogens with zero attached hydrogens (tertiary/aromatic N) is 2. The van der Waals surface area contributed by atoms with Gasteiger partial charge in [0, 0.05) is 28.1 Å². The Hall–Kier alpha value is -2.73. The largest absolute Gasteiger partial charge is 0.350 e. The topological polar surface area (TPSA) is 68.0 Å². The summed E-state index contributed by atoms with van der Waals surface area (Å²) in [4.78, 5) is 17.6. The molecule has 2 heterocycles. The molecule has 24 heavy (non-hydrogen) atoms. The number of hydrogen-bond donors (Lipinski definition) is 1. The van der Waals surface area contributed by atoms with Gasteiger partial charge in [-0.05, 0) is 43.5 Å². The molecule has 0 unspecified atom stereocenters. The van der Waals surface area contributed by atoms with Crippen LogP contribution < -0.4 is 5.32 Å². The number of rotatable bonds is 5. The van der Waals surface area contributed by atoms with Crippen molar-refractivity contribution in [1.82, 2.24) is 15.5 Å². The van der Waals surface area contributed by atoms with Crippen LogP contribution in [0.2, 0.25) is 0 Å². The first-order chi connectivity index (χ1) is 11.6. The van der Waals surface area contributed by atoms with E-state index in [1.165, 1.54) is 0 Å². The number of nitrogens with one attached hydrogen (secondary N) is 1. The summed E-state index contributed by atoms with van der Waals surface area (Å²) in [6.07, 6.45) is 3.70. The normalized spacial score (nSPS) is 11.3. The summed E-state index contributed by atoms with van der Waals surface area (Å²) in [5, 5.41) is 8.85. The fourth-order valence-corrected chi connectivity index (χ4v) is 2.72. The fraction of sp³-hybridized carbons (Fsp3) is 0.167. The molecule has 0 saturated heterocycles. The minimum atomic E-state index is -0.117. The molecule has 0 fully saturated rings. The van der Waals surface area contributed by atoms with Crippen LogP contribution in [0.3, 0.4) is 0 Å². The maximum Gasteiger partial charge on any atom is 0.251 e. The molecule has 0 aliphatic heterocycles. The Bertz CT molecular complexity index is 851. The predicted octanol–water partition coefficient (Wildman–Crippen LogP) is 4.11. The average molecular weight is 339 g/mol. The summed E-state index contributed by atoms with van der Waals surface area (Å²) in [7, 11) is 0. The van der Waals surface area contributed by atoms with Gasteiger partial charge in [0.1, 0.15) is 0 Å². The number of hydrogen-bond acceptors (Lipinski definition) is 5. The van der Waals surface area contributed by atoms with Crippen molar-refractivity contribution in [1.29, 1.82) is 0 Å². The van der Waals surface area contributed by atoms with E-state index in [9.17, 15) is 4.79 Å². The highest BCUT2D eigenvalue weighted by Gasteiger charge is 2.11. The molecule has 0 aliphatic carbocycles. The molecule has 0 atom stereocenters. The molecule has 122 valence electrons. The molecule has 0 spiro atoms. The van der Waals surface area contributed by atoms with E-state index in [0.717, 1.165) is 10.4 Å². The summed E-state index contributed by atoms with van der Waals surface area (Å²) in [6, 6.07) is 11.3. The molecule has 0 radical (unpaired) electrons. The van der Waals surface area contributed by atoms with E-state index in [1.807, 2.05) is 49.6 Å². The average Bonchev–Trinajstić information content (AvgIpc) is 3.24. The van der Waals surface area contributed by atoms with Crippen molar-refractivity contribution in [3.8, 4) is 11.4 Å². The van der Waals surface area contributed by atoms with Crippen LogP contribution in [0.1, 0.15) is 35.0 Å². The Morgan fingerprint density at radius 1 is 1.25 bits per heavy atom. The van der Waals surface area contributed by atoms with E-state index in [0.29, 0.717) is 17.3 Å². The molecular formula is C18H17N3O2S. The van der Waals surface area contributed by atoms with Gasteiger partial charge in [-0.3, -0.25) is 4.79 Å². The summed E-state index contributed by atoms with van der Waals surface area (Å²) >= 11 is 1.63. The Kier molecular flexibility index (Phi) is 4.86. The van der Waals surface area contributed by atoms with Gasteiger partial charge >= 0.3 is 0 Å². The van der Waals surface area contributed by atoms with E-state index in [4.69, 9.17) is 4.52 Å². The molecule has 1 N–H and O–H groups in total. The van der Waals surface area contributed by atoms with Gasteiger partial charge < -0.3 is 9.84 Å². The van der Waals surface area contributed by atoms with E-state index < -0.39 is 0 Å². The molecule has 1 amide bonds. The van der Waals surface area contributed by atoms with Crippen LogP contribution in [0.25, 0.3) is 23.5 Å². The van der Waals surface area contributed by atoms with Crippen LogP contribution in [0.5, 0.6) is 0 Å². The lowest BCUT2D eigenvalue weighted by Gasteiger charge is -2.08. The van der Waals surface area contributed by atoms with Gasteiger partial charge in [0.25, 0.3) is 11.8 Å². The Labute approximate surface area is 144 Å². The smallest absolute Gasteiger partial charge is 0.251 e. The van der Waals surface area contributed by atoms with Gasteiger partial charge in [-0.1, -0.05) is 23.4 Å². The Morgan fingerprint density at radius 3 is 2.88 bits per heavy atom. The first-order valence-corrected chi connectivity index (χ1v) is 8.46. The lowest BCUT2D eigenvalue weighted by atomic mass is 10.1. The van der Waals surface area contributed by atoms with E-state index in [1.54, 1.807) is 29.5 Å². The van der Waals surface area contributed by atoms with Crippen LogP contribution in [-0.2, 0) is 0 Å². The Morgan fingerprint density at radius 2 is 2.12 bits per heavy atom. The predicted molar refractivity (Wildman–Crippen MR) is 95.6 cm³/mol. The van der Waals surface area contributed by atoms with Crippen molar-refractivity contribution >= 4 is 29.4 Å². The molecule has 0 bridgehead atoms. The van der Waals surface area contributed by atoms with Gasteiger partial charge in [0.05, 0.1) is 0 Å². The number of carbonyl (C=O) groups is 1. The highest BCUT2D eigenvalue weighted by molar-refractivity contribution is 7.10. The maximum atomic E-state index is 12.1. The summed E-state index contributed by atoms with van der Waals surface area (Å²) < 4.78 is 5.24. The fourth-order valence-electron chi connectivity index (χ4n) is 2.10.